The van der Waals surface area contributed by atoms with Gasteiger partial charge in [-0.2, -0.15) is 0 Å². The zero-order valence-corrected chi connectivity index (χ0v) is 18.2. The normalized spacial score (nSPS) is 15.2. The Morgan fingerprint density at radius 2 is 1.87 bits per heavy atom. The molecule has 0 spiro atoms. The van der Waals surface area contributed by atoms with Crippen molar-refractivity contribution in [3.05, 3.63) is 69.6 Å². The number of aryl methyl sites for hydroxylation is 1. The van der Waals surface area contributed by atoms with E-state index in [0.717, 1.165) is 34.9 Å². The zero-order chi connectivity index (χ0) is 21.8. The Morgan fingerprint density at radius 1 is 1.10 bits per heavy atom. The maximum Gasteiger partial charge on any atom is 0.325 e. The van der Waals surface area contributed by atoms with Gasteiger partial charge >= 0.3 is 5.97 Å². The molecule has 6 nitrogen and oxygen atoms in total. The quantitative estimate of drug-likeness (QED) is 0.548. The summed E-state index contributed by atoms with van der Waals surface area (Å²) in [5.41, 5.74) is 2.35. The van der Waals surface area contributed by atoms with Crippen molar-refractivity contribution >= 4 is 50.8 Å². The summed E-state index contributed by atoms with van der Waals surface area (Å²) in [6, 6.07) is 15.4. The Kier molecular flexibility index (Phi) is 6.53. The second kappa shape index (κ2) is 9.49. The summed E-state index contributed by atoms with van der Waals surface area (Å²) in [6.45, 7) is -0.736. The van der Waals surface area contributed by atoms with Gasteiger partial charge in [0.05, 0.1) is 11.1 Å². The molecular weight excluding hydrogens is 436 g/mol. The van der Waals surface area contributed by atoms with Crippen LogP contribution in [0.2, 0.25) is 5.02 Å². The number of fused-ring (bicyclic) bond motifs is 2. The number of hydrogen-bond acceptors (Lipinski definition) is 5. The minimum absolute atomic E-state index is 0.0778. The minimum atomic E-state index is -0.690. The molecule has 2 aromatic carbocycles. The first-order chi connectivity index (χ1) is 15.0. The van der Waals surface area contributed by atoms with Gasteiger partial charge in [0.25, 0.3) is 11.8 Å². The molecule has 31 heavy (non-hydrogen) atoms. The summed E-state index contributed by atoms with van der Waals surface area (Å²) in [7, 11) is 0. The van der Waals surface area contributed by atoms with E-state index in [-0.39, 0.29) is 18.5 Å². The SMILES string of the molecule is O=C(COC(=O)CNC(=O)c1sc2ccccc2c1Cl)NC1CCCc2ccccc21. The van der Waals surface area contributed by atoms with Crippen LogP contribution in [-0.4, -0.2) is 30.9 Å². The number of amides is 2. The summed E-state index contributed by atoms with van der Waals surface area (Å²) < 4.78 is 5.90. The number of benzene rings is 2. The van der Waals surface area contributed by atoms with Crippen LogP contribution >= 0.6 is 22.9 Å². The van der Waals surface area contributed by atoms with E-state index >= 15 is 0 Å². The second-order valence-electron chi connectivity index (χ2n) is 7.30. The van der Waals surface area contributed by atoms with Gasteiger partial charge in [0, 0.05) is 10.1 Å². The number of rotatable bonds is 6. The molecule has 2 amide bonds. The first-order valence-corrected chi connectivity index (χ1v) is 11.2. The van der Waals surface area contributed by atoms with E-state index in [0.29, 0.717) is 9.90 Å². The highest BCUT2D eigenvalue weighted by molar-refractivity contribution is 7.21. The molecular formula is C23H21ClN2O4S. The van der Waals surface area contributed by atoms with Crippen LogP contribution in [0, 0.1) is 0 Å². The third kappa shape index (κ3) is 4.89. The zero-order valence-electron chi connectivity index (χ0n) is 16.7. The van der Waals surface area contributed by atoms with Gasteiger partial charge in [-0.1, -0.05) is 54.1 Å². The van der Waals surface area contributed by atoms with Crippen LogP contribution < -0.4 is 10.6 Å². The van der Waals surface area contributed by atoms with Crippen LogP contribution in [0.3, 0.4) is 0 Å². The number of halogens is 1. The standard InChI is InChI=1S/C23H21ClN2O4S/c24-21-16-9-3-4-11-18(16)31-22(21)23(29)25-12-20(28)30-13-19(27)26-17-10-5-7-14-6-1-2-8-15(14)17/h1-4,6,8-9,11,17H,5,7,10,12-13H2,(H,25,29)(H,26,27). The Hall–Kier alpha value is -2.90. The average Bonchev–Trinajstić information content (AvgIpc) is 3.13. The van der Waals surface area contributed by atoms with Crippen molar-refractivity contribution in [3.8, 4) is 0 Å². The lowest BCUT2D eigenvalue weighted by Gasteiger charge is -2.26. The van der Waals surface area contributed by atoms with E-state index in [2.05, 4.69) is 16.7 Å². The molecule has 4 rings (SSSR count). The lowest BCUT2D eigenvalue weighted by Crippen LogP contribution is -2.36. The lowest BCUT2D eigenvalue weighted by molar-refractivity contribution is -0.147. The summed E-state index contributed by atoms with van der Waals surface area (Å²) >= 11 is 7.53. The van der Waals surface area contributed by atoms with E-state index in [4.69, 9.17) is 16.3 Å². The van der Waals surface area contributed by atoms with E-state index in [1.807, 2.05) is 42.5 Å². The van der Waals surface area contributed by atoms with E-state index in [1.54, 1.807) is 0 Å². The predicted octanol–water partition coefficient (Wildman–Crippen LogP) is 4.02. The molecule has 1 unspecified atom stereocenters. The Labute approximate surface area is 188 Å². The summed E-state index contributed by atoms with van der Waals surface area (Å²) in [4.78, 5) is 36.9. The van der Waals surface area contributed by atoms with Gasteiger partial charge in [-0.15, -0.1) is 11.3 Å². The van der Waals surface area contributed by atoms with Crippen molar-refractivity contribution in [2.24, 2.45) is 0 Å². The van der Waals surface area contributed by atoms with Gasteiger partial charge < -0.3 is 15.4 Å². The van der Waals surface area contributed by atoms with Crippen molar-refractivity contribution in [1.29, 1.82) is 0 Å². The minimum Gasteiger partial charge on any atom is -0.454 e. The highest BCUT2D eigenvalue weighted by Crippen LogP contribution is 2.35. The van der Waals surface area contributed by atoms with Crippen molar-refractivity contribution in [3.63, 3.8) is 0 Å². The maximum atomic E-state index is 12.4. The molecule has 1 heterocycles. The summed E-state index contributed by atoms with van der Waals surface area (Å²) in [5, 5.41) is 6.58. The fourth-order valence-electron chi connectivity index (χ4n) is 3.73. The number of ether oxygens (including phenoxy) is 1. The number of esters is 1. The van der Waals surface area contributed by atoms with Crippen molar-refractivity contribution in [1.82, 2.24) is 10.6 Å². The fourth-order valence-corrected chi connectivity index (χ4v) is 5.16. The Morgan fingerprint density at radius 3 is 2.71 bits per heavy atom. The lowest BCUT2D eigenvalue weighted by atomic mass is 9.88. The van der Waals surface area contributed by atoms with Gasteiger partial charge in [0.1, 0.15) is 11.4 Å². The molecule has 0 bridgehead atoms. The average molecular weight is 457 g/mol. The largest absolute Gasteiger partial charge is 0.454 e. The van der Waals surface area contributed by atoms with Crippen LogP contribution in [0.4, 0.5) is 0 Å². The van der Waals surface area contributed by atoms with Gasteiger partial charge in [-0.3, -0.25) is 14.4 Å². The van der Waals surface area contributed by atoms with Gasteiger partial charge in [0.15, 0.2) is 6.61 Å². The van der Waals surface area contributed by atoms with Crippen molar-refractivity contribution in [2.75, 3.05) is 13.2 Å². The molecule has 1 aliphatic carbocycles. The molecule has 3 aromatic rings. The van der Waals surface area contributed by atoms with Crippen LogP contribution in [0.5, 0.6) is 0 Å². The molecule has 1 aromatic heterocycles. The molecule has 0 aliphatic heterocycles. The second-order valence-corrected chi connectivity index (χ2v) is 8.73. The molecule has 0 saturated carbocycles. The number of carbonyl (C=O) groups excluding carboxylic acids is 3. The summed E-state index contributed by atoms with van der Waals surface area (Å²) in [5.74, 6) is -1.51. The van der Waals surface area contributed by atoms with Gasteiger partial charge in [-0.25, -0.2) is 0 Å². The number of hydrogen-bond donors (Lipinski definition) is 2. The molecule has 0 radical (unpaired) electrons. The van der Waals surface area contributed by atoms with Crippen LogP contribution in [-0.2, 0) is 20.7 Å². The Balaban J connectivity index is 1.25. The molecule has 2 N–H and O–H groups in total. The van der Waals surface area contributed by atoms with E-state index in [9.17, 15) is 14.4 Å². The third-order valence-corrected chi connectivity index (χ3v) is 6.88. The monoisotopic (exact) mass is 456 g/mol. The number of nitrogens with one attached hydrogen (secondary N) is 2. The highest BCUT2D eigenvalue weighted by atomic mass is 35.5. The van der Waals surface area contributed by atoms with Crippen LogP contribution in [0.15, 0.2) is 48.5 Å². The number of thiophene rings is 1. The predicted molar refractivity (Wildman–Crippen MR) is 120 cm³/mol. The molecule has 1 atom stereocenters. The first kappa shape index (κ1) is 21.3. The molecule has 0 fully saturated rings. The van der Waals surface area contributed by atoms with E-state index in [1.165, 1.54) is 16.9 Å². The molecule has 0 saturated heterocycles. The van der Waals surface area contributed by atoms with Crippen LogP contribution in [0.25, 0.3) is 10.1 Å². The topological polar surface area (TPSA) is 84.5 Å². The fraction of sp³-hybridized carbons (Fsp3) is 0.261. The van der Waals surface area contributed by atoms with Crippen molar-refractivity contribution < 1.29 is 19.1 Å². The molecule has 8 heteroatoms. The smallest absolute Gasteiger partial charge is 0.325 e. The van der Waals surface area contributed by atoms with Crippen LogP contribution in [0.1, 0.15) is 39.7 Å². The maximum absolute atomic E-state index is 12.4. The van der Waals surface area contributed by atoms with Gasteiger partial charge in [-0.05, 0) is 36.5 Å². The highest BCUT2D eigenvalue weighted by Gasteiger charge is 2.22. The first-order valence-electron chi connectivity index (χ1n) is 10.0. The third-order valence-electron chi connectivity index (χ3n) is 5.20. The number of carbonyl (C=O) groups is 3. The molecule has 160 valence electrons. The van der Waals surface area contributed by atoms with Gasteiger partial charge in [0.2, 0.25) is 0 Å². The Bertz CT molecular complexity index is 1140. The van der Waals surface area contributed by atoms with E-state index < -0.39 is 18.5 Å². The summed E-state index contributed by atoms with van der Waals surface area (Å²) in [6.07, 6.45) is 2.85. The molecule has 1 aliphatic rings. The van der Waals surface area contributed by atoms with Crippen molar-refractivity contribution in [2.45, 2.75) is 25.3 Å².